The Morgan fingerprint density at radius 3 is 2.65 bits per heavy atom. The number of furan rings is 1. The number of rotatable bonds is 8. The van der Waals surface area contributed by atoms with Gasteiger partial charge in [-0.25, -0.2) is 0 Å². The summed E-state index contributed by atoms with van der Waals surface area (Å²) >= 11 is 0. The molecule has 1 aliphatic carbocycles. The van der Waals surface area contributed by atoms with Gasteiger partial charge < -0.3 is 14.3 Å². The third-order valence-electron chi connectivity index (χ3n) is 4.19. The van der Waals surface area contributed by atoms with Gasteiger partial charge in [0, 0.05) is 12.6 Å². The fourth-order valence-electron chi connectivity index (χ4n) is 2.78. The van der Waals surface area contributed by atoms with Crippen LogP contribution in [0, 0.1) is 13.8 Å². The number of para-hydroxylation sites is 1. The summed E-state index contributed by atoms with van der Waals surface area (Å²) in [6.07, 6.45) is 1.89. The molecule has 1 aliphatic rings. The van der Waals surface area contributed by atoms with Crippen molar-refractivity contribution in [3.8, 4) is 5.75 Å². The van der Waals surface area contributed by atoms with Gasteiger partial charge in [0.05, 0.1) is 6.54 Å². The van der Waals surface area contributed by atoms with Crippen LogP contribution in [-0.2, 0) is 6.54 Å². The van der Waals surface area contributed by atoms with Crippen LogP contribution in [0.3, 0.4) is 0 Å². The van der Waals surface area contributed by atoms with Crippen LogP contribution in [0.2, 0.25) is 0 Å². The SMILES string of the molecule is Cc1ccc(CN(C[C@H](O)COc2ccccc2C)C2CC2)o1. The van der Waals surface area contributed by atoms with E-state index in [-0.39, 0.29) is 0 Å². The van der Waals surface area contributed by atoms with Gasteiger partial charge in [-0.05, 0) is 50.5 Å². The Labute approximate surface area is 137 Å². The van der Waals surface area contributed by atoms with Gasteiger partial charge in [0.25, 0.3) is 0 Å². The quantitative estimate of drug-likeness (QED) is 0.812. The van der Waals surface area contributed by atoms with Gasteiger partial charge in [0.15, 0.2) is 0 Å². The van der Waals surface area contributed by atoms with Crippen LogP contribution in [0.5, 0.6) is 5.75 Å². The van der Waals surface area contributed by atoms with Crippen molar-refractivity contribution >= 4 is 0 Å². The van der Waals surface area contributed by atoms with E-state index in [0.717, 1.165) is 29.4 Å². The highest BCUT2D eigenvalue weighted by Crippen LogP contribution is 2.29. The lowest BCUT2D eigenvalue weighted by atomic mass is 10.2. The number of benzene rings is 1. The number of aliphatic hydroxyl groups excluding tert-OH is 1. The van der Waals surface area contributed by atoms with E-state index in [1.165, 1.54) is 12.8 Å². The zero-order chi connectivity index (χ0) is 16.2. The third-order valence-corrected chi connectivity index (χ3v) is 4.19. The van der Waals surface area contributed by atoms with Crippen LogP contribution in [0.25, 0.3) is 0 Å². The molecular weight excluding hydrogens is 290 g/mol. The fourth-order valence-corrected chi connectivity index (χ4v) is 2.78. The number of aliphatic hydroxyl groups is 1. The minimum atomic E-state index is -0.508. The molecule has 1 atom stereocenters. The van der Waals surface area contributed by atoms with Gasteiger partial charge in [0.1, 0.15) is 30.0 Å². The van der Waals surface area contributed by atoms with Crippen molar-refractivity contribution < 1.29 is 14.3 Å². The van der Waals surface area contributed by atoms with Crippen molar-refractivity contribution in [3.05, 3.63) is 53.5 Å². The molecule has 0 saturated heterocycles. The Balaban J connectivity index is 1.52. The molecule has 124 valence electrons. The van der Waals surface area contributed by atoms with Crippen LogP contribution < -0.4 is 4.74 Å². The van der Waals surface area contributed by atoms with Gasteiger partial charge in [-0.1, -0.05) is 18.2 Å². The number of aryl methyl sites for hydroxylation is 2. The molecule has 1 saturated carbocycles. The van der Waals surface area contributed by atoms with E-state index in [9.17, 15) is 5.11 Å². The number of ether oxygens (including phenoxy) is 1. The summed E-state index contributed by atoms with van der Waals surface area (Å²) in [5.74, 6) is 2.73. The highest BCUT2D eigenvalue weighted by Gasteiger charge is 2.31. The molecule has 4 heteroatoms. The molecule has 1 aromatic carbocycles. The largest absolute Gasteiger partial charge is 0.491 e. The van der Waals surface area contributed by atoms with E-state index in [1.54, 1.807) is 0 Å². The molecule has 23 heavy (non-hydrogen) atoms. The second-order valence-corrected chi connectivity index (χ2v) is 6.40. The van der Waals surface area contributed by atoms with E-state index in [0.29, 0.717) is 19.2 Å². The molecule has 4 nitrogen and oxygen atoms in total. The Hall–Kier alpha value is -1.78. The molecule has 0 bridgehead atoms. The molecule has 3 rings (SSSR count). The van der Waals surface area contributed by atoms with Crippen molar-refractivity contribution in [1.29, 1.82) is 0 Å². The number of hydrogen-bond acceptors (Lipinski definition) is 4. The molecule has 0 unspecified atom stereocenters. The van der Waals surface area contributed by atoms with Gasteiger partial charge in [-0.2, -0.15) is 0 Å². The maximum absolute atomic E-state index is 10.3. The van der Waals surface area contributed by atoms with E-state index in [4.69, 9.17) is 9.15 Å². The first-order valence-electron chi connectivity index (χ1n) is 8.27. The molecule has 0 spiro atoms. The van der Waals surface area contributed by atoms with Gasteiger partial charge in [0.2, 0.25) is 0 Å². The average molecular weight is 315 g/mol. The van der Waals surface area contributed by atoms with Crippen LogP contribution in [-0.4, -0.2) is 35.3 Å². The molecule has 1 N–H and O–H groups in total. The summed E-state index contributed by atoms with van der Waals surface area (Å²) in [5.41, 5.74) is 1.09. The fraction of sp³-hybridized carbons (Fsp3) is 0.474. The van der Waals surface area contributed by atoms with E-state index in [2.05, 4.69) is 4.90 Å². The summed E-state index contributed by atoms with van der Waals surface area (Å²) < 4.78 is 11.4. The van der Waals surface area contributed by atoms with Crippen molar-refractivity contribution in [2.75, 3.05) is 13.2 Å². The lowest BCUT2D eigenvalue weighted by Crippen LogP contribution is -2.36. The topological polar surface area (TPSA) is 45.8 Å². The zero-order valence-electron chi connectivity index (χ0n) is 13.9. The summed E-state index contributed by atoms with van der Waals surface area (Å²) in [6.45, 7) is 5.63. The van der Waals surface area contributed by atoms with E-state index < -0.39 is 6.10 Å². The van der Waals surface area contributed by atoms with Gasteiger partial charge in [-0.3, -0.25) is 4.90 Å². The molecule has 1 fully saturated rings. The van der Waals surface area contributed by atoms with Crippen molar-refractivity contribution in [2.45, 2.75) is 45.4 Å². The Morgan fingerprint density at radius 2 is 2.00 bits per heavy atom. The average Bonchev–Trinajstić information content (AvgIpc) is 3.29. The van der Waals surface area contributed by atoms with Crippen LogP contribution >= 0.6 is 0 Å². The maximum atomic E-state index is 10.3. The molecule has 0 radical (unpaired) electrons. The minimum absolute atomic E-state index is 0.311. The summed E-state index contributed by atoms with van der Waals surface area (Å²) in [4.78, 5) is 2.30. The van der Waals surface area contributed by atoms with Crippen molar-refractivity contribution in [1.82, 2.24) is 4.90 Å². The van der Waals surface area contributed by atoms with Crippen LogP contribution in [0.15, 0.2) is 40.8 Å². The van der Waals surface area contributed by atoms with Gasteiger partial charge in [-0.15, -0.1) is 0 Å². The molecule has 0 amide bonds. The second kappa shape index (κ2) is 7.20. The van der Waals surface area contributed by atoms with Crippen molar-refractivity contribution in [3.63, 3.8) is 0 Å². The molecule has 1 heterocycles. The number of hydrogen-bond donors (Lipinski definition) is 1. The first-order valence-corrected chi connectivity index (χ1v) is 8.27. The Morgan fingerprint density at radius 1 is 1.22 bits per heavy atom. The van der Waals surface area contributed by atoms with Crippen LogP contribution in [0.1, 0.15) is 29.9 Å². The van der Waals surface area contributed by atoms with Crippen LogP contribution in [0.4, 0.5) is 0 Å². The Bertz CT molecular complexity index is 633. The van der Waals surface area contributed by atoms with E-state index >= 15 is 0 Å². The monoisotopic (exact) mass is 315 g/mol. The maximum Gasteiger partial charge on any atom is 0.122 e. The lowest BCUT2D eigenvalue weighted by Gasteiger charge is -2.24. The Kier molecular flexibility index (Phi) is 5.03. The normalized spacial score (nSPS) is 15.8. The minimum Gasteiger partial charge on any atom is -0.491 e. The first kappa shape index (κ1) is 16.1. The smallest absolute Gasteiger partial charge is 0.122 e. The first-order chi connectivity index (χ1) is 11.1. The van der Waals surface area contributed by atoms with Gasteiger partial charge >= 0.3 is 0 Å². The molecule has 1 aromatic heterocycles. The number of nitrogens with zero attached hydrogens (tertiary/aromatic N) is 1. The van der Waals surface area contributed by atoms with E-state index in [1.807, 2.05) is 50.2 Å². The third kappa shape index (κ3) is 4.60. The highest BCUT2D eigenvalue weighted by molar-refractivity contribution is 5.31. The summed E-state index contributed by atoms with van der Waals surface area (Å²) in [6, 6.07) is 12.4. The predicted molar refractivity (Wildman–Crippen MR) is 89.6 cm³/mol. The lowest BCUT2D eigenvalue weighted by molar-refractivity contribution is 0.0599. The second-order valence-electron chi connectivity index (χ2n) is 6.40. The zero-order valence-corrected chi connectivity index (χ0v) is 13.9. The highest BCUT2D eigenvalue weighted by atomic mass is 16.5. The molecule has 2 aromatic rings. The predicted octanol–water partition coefficient (Wildman–Crippen LogP) is 3.30. The molecular formula is C19H25NO3. The summed E-state index contributed by atoms with van der Waals surface area (Å²) in [7, 11) is 0. The standard InChI is InChI=1S/C19H25NO3/c1-14-5-3-4-6-19(14)22-13-17(21)11-20(16-8-9-16)12-18-10-7-15(2)23-18/h3-7,10,16-17,21H,8-9,11-13H2,1-2H3/t17-/m0/s1. The summed E-state index contributed by atoms with van der Waals surface area (Å²) in [5, 5.41) is 10.3. The molecule has 0 aliphatic heterocycles. The van der Waals surface area contributed by atoms with Crippen molar-refractivity contribution in [2.24, 2.45) is 0 Å².